The molecule has 0 aromatic heterocycles. The van der Waals surface area contributed by atoms with Gasteiger partial charge in [-0.05, 0) is 18.6 Å². The van der Waals surface area contributed by atoms with Crippen LogP contribution in [0.2, 0.25) is 0 Å². The second-order valence-electron chi connectivity index (χ2n) is 7.64. The number of hydrogen-bond acceptors (Lipinski definition) is 6. The second kappa shape index (κ2) is 15.8. The number of esters is 2. The molecule has 176 valence electrons. The monoisotopic (exact) mass is 456 g/mol. The molecular weight excluding hydrogens is 420 g/mol. The van der Waals surface area contributed by atoms with Crippen molar-refractivity contribution >= 4 is 22.1 Å². The third-order valence-corrected chi connectivity index (χ3v) is 5.60. The van der Waals surface area contributed by atoms with E-state index in [1.807, 2.05) is 0 Å². The summed E-state index contributed by atoms with van der Waals surface area (Å²) in [6.07, 6.45) is 13.2. The van der Waals surface area contributed by atoms with Crippen molar-refractivity contribution in [3.63, 3.8) is 0 Å². The highest BCUT2D eigenvalue weighted by Crippen LogP contribution is 2.14. The Bertz CT molecular complexity index is 759. The van der Waals surface area contributed by atoms with Gasteiger partial charge >= 0.3 is 11.9 Å². The van der Waals surface area contributed by atoms with Gasteiger partial charge in [-0.1, -0.05) is 83.3 Å². The van der Waals surface area contributed by atoms with Crippen LogP contribution in [0.4, 0.5) is 0 Å². The van der Waals surface area contributed by atoms with Gasteiger partial charge in [0.1, 0.15) is 12.4 Å². The van der Waals surface area contributed by atoms with Gasteiger partial charge in [-0.2, -0.15) is 8.42 Å². The SMILES string of the molecule is CCCCCCCCCCCCCOC(=O)c1ccccc1C(=O)OCCS(=O)(=O)O. The molecule has 0 aliphatic carbocycles. The molecule has 0 spiro atoms. The maximum Gasteiger partial charge on any atom is 0.339 e. The van der Waals surface area contributed by atoms with E-state index in [2.05, 4.69) is 6.92 Å². The summed E-state index contributed by atoms with van der Waals surface area (Å²) in [5.41, 5.74) is 0.0733. The van der Waals surface area contributed by atoms with Gasteiger partial charge in [0.2, 0.25) is 0 Å². The standard InChI is InChI=1S/C23H36O7S/c1-2-3-4-5-6-7-8-9-10-11-14-17-29-22(24)20-15-12-13-16-21(20)23(25)30-18-19-31(26,27)28/h12-13,15-16H,2-11,14,17-19H2,1H3,(H,26,27,28). The first-order valence-electron chi connectivity index (χ1n) is 11.2. The molecule has 0 saturated heterocycles. The molecule has 0 atom stereocenters. The minimum atomic E-state index is -4.23. The molecule has 1 aromatic rings. The maximum atomic E-state index is 12.3. The van der Waals surface area contributed by atoms with Gasteiger partial charge in [0, 0.05) is 0 Å². The van der Waals surface area contributed by atoms with Crippen LogP contribution in [0.5, 0.6) is 0 Å². The quantitative estimate of drug-likeness (QED) is 0.195. The molecule has 0 aliphatic heterocycles. The molecule has 0 bridgehead atoms. The van der Waals surface area contributed by atoms with E-state index in [0.29, 0.717) is 0 Å². The fourth-order valence-electron chi connectivity index (χ4n) is 3.17. The van der Waals surface area contributed by atoms with Gasteiger partial charge in [-0.25, -0.2) is 9.59 Å². The van der Waals surface area contributed by atoms with E-state index in [9.17, 15) is 18.0 Å². The van der Waals surface area contributed by atoms with Crippen LogP contribution in [0.1, 0.15) is 98.3 Å². The van der Waals surface area contributed by atoms with E-state index in [1.54, 1.807) is 12.1 Å². The molecule has 0 unspecified atom stereocenters. The number of unbranched alkanes of at least 4 members (excludes halogenated alkanes) is 10. The van der Waals surface area contributed by atoms with Crippen LogP contribution < -0.4 is 0 Å². The third-order valence-electron chi connectivity index (χ3n) is 4.92. The Labute approximate surface area is 186 Å². The van der Waals surface area contributed by atoms with Crippen LogP contribution in [0.25, 0.3) is 0 Å². The summed E-state index contributed by atoms with van der Waals surface area (Å²) < 4.78 is 40.2. The van der Waals surface area contributed by atoms with Crippen molar-refractivity contribution in [3.8, 4) is 0 Å². The summed E-state index contributed by atoms with van der Waals surface area (Å²) in [5.74, 6) is -2.16. The highest BCUT2D eigenvalue weighted by molar-refractivity contribution is 7.85. The molecule has 8 heteroatoms. The fourth-order valence-corrected chi connectivity index (χ4v) is 3.46. The Kier molecular flexibility index (Phi) is 13.8. The lowest BCUT2D eigenvalue weighted by atomic mass is 10.1. The predicted molar refractivity (Wildman–Crippen MR) is 120 cm³/mol. The van der Waals surface area contributed by atoms with Gasteiger partial charge in [0.25, 0.3) is 10.1 Å². The molecule has 7 nitrogen and oxygen atoms in total. The Hall–Kier alpha value is -1.93. The van der Waals surface area contributed by atoms with Crippen LogP contribution in [0.3, 0.4) is 0 Å². The number of benzene rings is 1. The van der Waals surface area contributed by atoms with E-state index < -0.39 is 34.4 Å². The summed E-state index contributed by atoms with van der Waals surface area (Å²) in [6, 6.07) is 6.05. The smallest absolute Gasteiger partial charge is 0.339 e. The largest absolute Gasteiger partial charge is 0.462 e. The molecule has 0 heterocycles. The highest BCUT2D eigenvalue weighted by Gasteiger charge is 2.19. The second-order valence-corrected chi connectivity index (χ2v) is 9.21. The lowest BCUT2D eigenvalue weighted by Crippen LogP contribution is -2.18. The summed E-state index contributed by atoms with van der Waals surface area (Å²) in [4.78, 5) is 24.4. The fraction of sp³-hybridized carbons (Fsp3) is 0.652. The topological polar surface area (TPSA) is 107 Å². The van der Waals surface area contributed by atoms with E-state index in [0.717, 1.165) is 19.3 Å². The van der Waals surface area contributed by atoms with Crippen molar-refractivity contribution in [1.29, 1.82) is 0 Å². The van der Waals surface area contributed by atoms with Crippen LogP contribution >= 0.6 is 0 Å². The molecule has 31 heavy (non-hydrogen) atoms. The van der Waals surface area contributed by atoms with E-state index in [1.165, 1.54) is 63.5 Å². The molecular formula is C23H36O7S. The number of rotatable bonds is 17. The van der Waals surface area contributed by atoms with Crippen molar-refractivity contribution in [3.05, 3.63) is 35.4 Å². The summed E-state index contributed by atoms with van der Waals surface area (Å²) in [7, 11) is -4.23. The molecule has 1 N–H and O–H groups in total. The third kappa shape index (κ3) is 13.2. The summed E-state index contributed by atoms with van der Waals surface area (Å²) in [6.45, 7) is 2.00. The summed E-state index contributed by atoms with van der Waals surface area (Å²) >= 11 is 0. The van der Waals surface area contributed by atoms with Crippen LogP contribution in [0.15, 0.2) is 24.3 Å². The first-order chi connectivity index (χ1) is 14.8. The molecule has 0 aliphatic rings. The van der Waals surface area contributed by atoms with Crippen LogP contribution in [0, 0.1) is 0 Å². The average molecular weight is 457 g/mol. The van der Waals surface area contributed by atoms with Gasteiger partial charge in [0.15, 0.2) is 0 Å². The van der Waals surface area contributed by atoms with Crippen molar-refractivity contribution in [2.24, 2.45) is 0 Å². The van der Waals surface area contributed by atoms with E-state index in [4.69, 9.17) is 14.0 Å². The molecule has 0 radical (unpaired) electrons. The zero-order chi connectivity index (χ0) is 23.0. The Balaban J connectivity index is 2.25. The van der Waals surface area contributed by atoms with Crippen molar-refractivity contribution in [2.45, 2.75) is 77.6 Å². The number of hydrogen-bond donors (Lipinski definition) is 1. The normalized spacial score (nSPS) is 11.3. The maximum absolute atomic E-state index is 12.3. The first-order valence-corrected chi connectivity index (χ1v) is 12.8. The van der Waals surface area contributed by atoms with Crippen LogP contribution in [-0.4, -0.2) is 43.9 Å². The summed E-state index contributed by atoms with van der Waals surface area (Å²) in [5, 5.41) is 0. The minimum absolute atomic E-state index is 0.00164. The number of carbonyl (C=O) groups is 2. The Morgan fingerprint density at radius 3 is 1.61 bits per heavy atom. The molecule has 0 fully saturated rings. The van der Waals surface area contributed by atoms with E-state index >= 15 is 0 Å². The van der Waals surface area contributed by atoms with Gasteiger partial charge < -0.3 is 9.47 Å². The number of ether oxygens (including phenoxy) is 2. The first kappa shape index (κ1) is 27.1. The van der Waals surface area contributed by atoms with E-state index in [-0.39, 0.29) is 17.7 Å². The average Bonchev–Trinajstić information content (AvgIpc) is 2.73. The lowest BCUT2D eigenvalue weighted by Gasteiger charge is -2.09. The van der Waals surface area contributed by atoms with Crippen LogP contribution in [-0.2, 0) is 19.6 Å². The number of carbonyl (C=O) groups excluding carboxylic acids is 2. The minimum Gasteiger partial charge on any atom is -0.462 e. The zero-order valence-corrected chi connectivity index (χ0v) is 19.3. The Morgan fingerprint density at radius 1 is 0.742 bits per heavy atom. The molecule has 0 saturated carbocycles. The van der Waals surface area contributed by atoms with Gasteiger partial charge in [-0.3, -0.25) is 4.55 Å². The van der Waals surface area contributed by atoms with Crippen molar-refractivity contribution < 1.29 is 32.0 Å². The Morgan fingerprint density at radius 2 is 1.16 bits per heavy atom. The van der Waals surface area contributed by atoms with Crippen molar-refractivity contribution in [2.75, 3.05) is 19.0 Å². The molecule has 0 amide bonds. The molecule has 1 rings (SSSR count). The highest BCUT2D eigenvalue weighted by atomic mass is 32.2. The zero-order valence-electron chi connectivity index (χ0n) is 18.5. The lowest BCUT2D eigenvalue weighted by molar-refractivity contribution is 0.0463. The van der Waals surface area contributed by atoms with Crippen molar-refractivity contribution in [1.82, 2.24) is 0 Å². The molecule has 1 aromatic carbocycles. The predicted octanol–water partition coefficient (Wildman–Crippen LogP) is 5.20. The van der Waals surface area contributed by atoms with Gasteiger partial charge in [0.05, 0.1) is 17.7 Å². The van der Waals surface area contributed by atoms with Gasteiger partial charge in [-0.15, -0.1) is 0 Å².